The Morgan fingerprint density at radius 1 is 0.655 bits per heavy atom. The summed E-state index contributed by atoms with van der Waals surface area (Å²) in [7, 11) is 0. The summed E-state index contributed by atoms with van der Waals surface area (Å²) in [6.45, 7) is 4.49. The van der Waals surface area contributed by atoms with E-state index in [1.807, 2.05) is 0 Å². The summed E-state index contributed by atoms with van der Waals surface area (Å²) in [5.74, 6) is -0.115. The van der Waals surface area contributed by atoms with E-state index in [1.54, 1.807) is 0 Å². The number of hydrogen-bond acceptors (Lipinski definition) is 3. The summed E-state index contributed by atoms with van der Waals surface area (Å²) in [6.07, 6.45) is 25.1. The van der Waals surface area contributed by atoms with Crippen molar-refractivity contribution in [3.05, 3.63) is 0 Å². The predicted octanol–water partition coefficient (Wildman–Crippen LogP) is 8.33. The maximum atomic E-state index is 12.1. The topological polar surface area (TPSA) is 43.4 Å². The van der Waals surface area contributed by atoms with Gasteiger partial charge in [0.2, 0.25) is 0 Å². The largest absolute Gasteiger partial charge is 0.462 e. The van der Waals surface area contributed by atoms with Crippen molar-refractivity contribution in [2.24, 2.45) is 0 Å². The molecular weight excluding hydrogens is 360 g/mol. The SMILES string of the molecule is CCCCCCCCCCCCCC(=O)OC(CC=O)CCCCCCCCC. The van der Waals surface area contributed by atoms with Gasteiger partial charge in [-0.15, -0.1) is 0 Å². The van der Waals surface area contributed by atoms with Gasteiger partial charge in [-0.2, -0.15) is 0 Å². The van der Waals surface area contributed by atoms with Gasteiger partial charge >= 0.3 is 5.97 Å². The normalized spacial score (nSPS) is 12.1. The molecule has 1 unspecified atom stereocenters. The van der Waals surface area contributed by atoms with E-state index < -0.39 is 0 Å². The van der Waals surface area contributed by atoms with Crippen LogP contribution >= 0.6 is 0 Å². The van der Waals surface area contributed by atoms with E-state index in [1.165, 1.54) is 96.3 Å². The second kappa shape index (κ2) is 23.4. The molecule has 0 aromatic rings. The van der Waals surface area contributed by atoms with Crippen LogP contribution in [0.5, 0.6) is 0 Å². The Kier molecular flexibility index (Phi) is 22.7. The number of unbranched alkanes of at least 4 members (excludes halogenated alkanes) is 16. The molecule has 0 aromatic carbocycles. The lowest BCUT2D eigenvalue weighted by Gasteiger charge is -2.15. The van der Waals surface area contributed by atoms with Crippen LogP contribution in [-0.4, -0.2) is 18.4 Å². The van der Waals surface area contributed by atoms with Crippen molar-refractivity contribution in [3.63, 3.8) is 0 Å². The van der Waals surface area contributed by atoms with Gasteiger partial charge in [0.05, 0.1) is 0 Å². The van der Waals surface area contributed by atoms with Crippen LogP contribution in [0.2, 0.25) is 0 Å². The minimum Gasteiger partial charge on any atom is -0.462 e. The number of carbonyl (C=O) groups excluding carboxylic acids is 2. The molecule has 0 amide bonds. The highest BCUT2D eigenvalue weighted by Crippen LogP contribution is 2.15. The number of hydrogen-bond donors (Lipinski definition) is 0. The first-order valence-electron chi connectivity index (χ1n) is 12.9. The molecule has 0 aliphatic carbocycles. The van der Waals surface area contributed by atoms with Crippen molar-refractivity contribution in [1.82, 2.24) is 0 Å². The Morgan fingerprint density at radius 2 is 1.07 bits per heavy atom. The van der Waals surface area contributed by atoms with Gasteiger partial charge in [-0.3, -0.25) is 4.79 Å². The van der Waals surface area contributed by atoms with Crippen LogP contribution in [0.25, 0.3) is 0 Å². The molecule has 3 nitrogen and oxygen atoms in total. The van der Waals surface area contributed by atoms with Crippen molar-refractivity contribution >= 4 is 12.3 Å². The van der Waals surface area contributed by atoms with E-state index in [-0.39, 0.29) is 12.1 Å². The number of carbonyl (C=O) groups is 2. The zero-order chi connectivity index (χ0) is 21.4. The second-order valence-electron chi connectivity index (χ2n) is 8.71. The number of ether oxygens (including phenoxy) is 1. The van der Waals surface area contributed by atoms with Crippen LogP contribution in [0.3, 0.4) is 0 Å². The first-order chi connectivity index (χ1) is 14.2. The molecule has 0 saturated carbocycles. The summed E-state index contributed by atoms with van der Waals surface area (Å²) in [5.41, 5.74) is 0. The van der Waals surface area contributed by atoms with Gasteiger partial charge in [-0.25, -0.2) is 0 Å². The fourth-order valence-electron chi connectivity index (χ4n) is 3.84. The molecular formula is C26H50O3. The van der Waals surface area contributed by atoms with Crippen molar-refractivity contribution < 1.29 is 14.3 Å². The Labute approximate surface area is 181 Å². The second-order valence-corrected chi connectivity index (χ2v) is 8.71. The lowest BCUT2D eigenvalue weighted by atomic mass is 10.0. The molecule has 0 saturated heterocycles. The zero-order valence-corrected chi connectivity index (χ0v) is 19.7. The van der Waals surface area contributed by atoms with E-state index in [4.69, 9.17) is 4.74 Å². The first kappa shape index (κ1) is 28.1. The van der Waals surface area contributed by atoms with E-state index >= 15 is 0 Å². The Morgan fingerprint density at radius 3 is 1.52 bits per heavy atom. The quantitative estimate of drug-likeness (QED) is 0.0965. The number of esters is 1. The maximum Gasteiger partial charge on any atom is 0.306 e. The highest BCUT2D eigenvalue weighted by atomic mass is 16.5. The first-order valence-corrected chi connectivity index (χ1v) is 12.9. The van der Waals surface area contributed by atoms with E-state index in [9.17, 15) is 9.59 Å². The third-order valence-corrected chi connectivity index (χ3v) is 5.77. The molecule has 0 spiro atoms. The third-order valence-electron chi connectivity index (χ3n) is 5.77. The van der Waals surface area contributed by atoms with Gasteiger partial charge in [-0.1, -0.05) is 117 Å². The van der Waals surface area contributed by atoms with Crippen LogP contribution in [0.1, 0.15) is 149 Å². The average Bonchev–Trinajstić information content (AvgIpc) is 2.71. The van der Waals surface area contributed by atoms with E-state index in [0.717, 1.165) is 32.0 Å². The molecule has 0 rings (SSSR count). The minimum atomic E-state index is -0.205. The van der Waals surface area contributed by atoms with Crippen LogP contribution in [0.4, 0.5) is 0 Å². The molecule has 0 aromatic heterocycles. The van der Waals surface area contributed by atoms with Crippen LogP contribution in [0.15, 0.2) is 0 Å². The van der Waals surface area contributed by atoms with Crippen molar-refractivity contribution in [2.45, 2.75) is 155 Å². The van der Waals surface area contributed by atoms with Crippen molar-refractivity contribution in [3.8, 4) is 0 Å². The molecule has 0 N–H and O–H groups in total. The lowest BCUT2D eigenvalue weighted by molar-refractivity contribution is -0.150. The van der Waals surface area contributed by atoms with E-state index in [0.29, 0.717) is 12.8 Å². The van der Waals surface area contributed by atoms with Gasteiger partial charge in [0.1, 0.15) is 12.4 Å². The lowest BCUT2D eigenvalue weighted by Crippen LogP contribution is -2.18. The van der Waals surface area contributed by atoms with Gasteiger partial charge in [0.25, 0.3) is 0 Å². The van der Waals surface area contributed by atoms with Crippen LogP contribution < -0.4 is 0 Å². The zero-order valence-electron chi connectivity index (χ0n) is 19.7. The smallest absolute Gasteiger partial charge is 0.306 e. The molecule has 0 radical (unpaired) electrons. The molecule has 0 bridgehead atoms. The molecule has 0 fully saturated rings. The highest BCUT2D eigenvalue weighted by molar-refractivity contribution is 5.69. The monoisotopic (exact) mass is 410 g/mol. The molecule has 172 valence electrons. The summed E-state index contributed by atoms with van der Waals surface area (Å²) in [5, 5.41) is 0. The van der Waals surface area contributed by atoms with E-state index in [2.05, 4.69) is 13.8 Å². The summed E-state index contributed by atoms with van der Waals surface area (Å²) in [4.78, 5) is 22.9. The van der Waals surface area contributed by atoms with Crippen LogP contribution in [0, 0.1) is 0 Å². The van der Waals surface area contributed by atoms with Gasteiger partial charge in [0.15, 0.2) is 0 Å². The Hall–Kier alpha value is -0.860. The molecule has 1 atom stereocenters. The molecule has 0 aliphatic heterocycles. The van der Waals surface area contributed by atoms with Gasteiger partial charge in [-0.05, 0) is 19.3 Å². The fourth-order valence-corrected chi connectivity index (χ4v) is 3.84. The summed E-state index contributed by atoms with van der Waals surface area (Å²) in [6, 6.07) is 0. The van der Waals surface area contributed by atoms with Crippen molar-refractivity contribution in [2.75, 3.05) is 0 Å². The molecule has 0 heterocycles. The summed E-state index contributed by atoms with van der Waals surface area (Å²) >= 11 is 0. The fraction of sp³-hybridized carbons (Fsp3) is 0.923. The third kappa shape index (κ3) is 21.7. The Bertz CT molecular complexity index is 354. The average molecular weight is 411 g/mol. The molecule has 3 heteroatoms. The number of rotatable bonds is 23. The van der Waals surface area contributed by atoms with Crippen molar-refractivity contribution in [1.29, 1.82) is 0 Å². The molecule has 0 aliphatic rings. The van der Waals surface area contributed by atoms with Gasteiger partial charge in [0, 0.05) is 12.8 Å². The number of aldehydes is 1. The highest BCUT2D eigenvalue weighted by Gasteiger charge is 2.13. The van der Waals surface area contributed by atoms with Gasteiger partial charge < -0.3 is 9.53 Å². The maximum absolute atomic E-state index is 12.1. The molecule has 29 heavy (non-hydrogen) atoms. The Balaban J connectivity index is 3.58. The van der Waals surface area contributed by atoms with Crippen LogP contribution in [-0.2, 0) is 14.3 Å². The standard InChI is InChI=1S/C26H50O3/c1-3-5-7-9-11-12-13-14-16-18-20-22-26(28)29-25(23-24-27)21-19-17-15-10-8-6-4-2/h24-25H,3-23H2,1-2H3. The predicted molar refractivity (Wildman–Crippen MR) is 124 cm³/mol. The summed E-state index contributed by atoms with van der Waals surface area (Å²) < 4.78 is 5.56. The minimum absolute atomic E-state index is 0.115.